The average molecular weight is 1490 g/mol. The Balaban J connectivity index is 0. The van der Waals surface area contributed by atoms with E-state index in [1.165, 1.54) is 51.4 Å². The number of nitrogens with one attached hydrogen (secondary N) is 1. The summed E-state index contributed by atoms with van der Waals surface area (Å²) in [6.07, 6.45) is 22.3. The van der Waals surface area contributed by atoms with Crippen molar-refractivity contribution in [3.63, 3.8) is 0 Å². The maximum Gasteiger partial charge on any atom is 0.303 e. The highest BCUT2D eigenvalue weighted by molar-refractivity contribution is 5.78. The number of amides is 1. The van der Waals surface area contributed by atoms with Crippen molar-refractivity contribution in [1.82, 2.24) is 5.32 Å². The Morgan fingerprint density at radius 1 is 0.311 bits per heavy atom. The van der Waals surface area contributed by atoms with Gasteiger partial charge in [-0.15, -0.1) is 6.58 Å². The van der Waals surface area contributed by atoms with Gasteiger partial charge in [-0.1, -0.05) is 94.7 Å². The van der Waals surface area contributed by atoms with Crippen molar-refractivity contribution >= 4 is 20.3 Å². The summed E-state index contributed by atoms with van der Waals surface area (Å²) in [7, 11) is 0. The molecule has 31 heteroatoms. The third-order valence-corrected chi connectivity index (χ3v) is 14.7. The molecule has 1 atom stereocenters. The minimum Gasteiger partial charge on any atom is -0.481 e. The predicted molar refractivity (Wildman–Crippen MR) is 391 cm³/mol. The monoisotopic (exact) mass is 1490 g/mol. The molecule has 0 spiro atoms. The lowest BCUT2D eigenvalue weighted by Gasteiger charge is -2.17. The summed E-state index contributed by atoms with van der Waals surface area (Å²) in [6.45, 7) is 26.4. The minimum absolute atomic E-state index is 0. The summed E-state index contributed by atoms with van der Waals surface area (Å²) in [4.78, 5) is 26.5. The van der Waals surface area contributed by atoms with Gasteiger partial charge in [0.15, 0.2) is 0 Å². The fourth-order valence-electron chi connectivity index (χ4n) is 9.18. The van der Waals surface area contributed by atoms with E-state index in [0.29, 0.717) is 317 Å². The lowest BCUT2D eigenvalue weighted by atomic mass is 9.93. The van der Waals surface area contributed by atoms with Gasteiger partial charge < -0.3 is 119 Å². The van der Waals surface area contributed by atoms with Crippen molar-refractivity contribution in [1.29, 1.82) is 0 Å². The molecule has 0 aliphatic rings. The van der Waals surface area contributed by atoms with Crippen LogP contribution < -0.4 is 5.32 Å². The molecule has 0 heterocycles. The number of azide groups is 1. The van der Waals surface area contributed by atoms with E-state index in [2.05, 4.69) is 21.9 Å². The number of hydrogen-bond acceptors (Lipinski definition) is 26. The largest absolute Gasteiger partial charge is 0.481 e. The number of hydrogen-bond donors (Lipinski definition) is 2. The molecule has 0 aromatic heterocycles. The van der Waals surface area contributed by atoms with Gasteiger partial charge in [0.2, 0.25) is 5.91 Å². The summed E-state index contributed by atoms with van der Waals surface area (Å²) in [5.41, 5.74) is 8.18. The highest BCUT2D eigenvalue weighted by Gasteiger charge is 2.18. The van der Waals surface area contributed by atoms with Gasteiger partial charge in [0.05, 0.1) is 304 Å². The summed E-state index contributed by atoms with van der Waals surface area (Å²) >= 11 is 0. The fraction of sp³-hybridized carbons (Fsp3) is 0.944. The Labute approximate surface area is 620 Å². The van der Waals surface area contributed by atoms with E-state index in [1.54, 1.807) is 0 Å². The first-order valence-electron chi connectivity index (χ1n) is 38.0. The zero-order valence-electron chi connectivity index (χ0n) is 63.3. The quantitative estimate of drug-likeness (QED) is 0.0147. The number of ether oxygens (including phenoxy) is 23. The molecule has 0 aromatic carbocycles. The molecule has 1 unspecified atom stereocenters. The van der Waals surface area contributed by atoms with Gasteiger partial charge in [0.1, 0.15) is 0 Å². The molecule has 30 nitrogen and oxygen atoms in total. The molecule has 1 amide bonds. The molecule has 0 rings (SSSR count). The van der Waals surface area contributed by atoms with Crippen LogP contribution in [0.2, 0.25) is 0 Å². The predicted octanol–water partition coefficient (Wildman–Crippen LogP) is 7.71. The number of carbonyl (C=O) groups excluding carboxylic acids is 1. The zero-order chi connectivity index (χ0) is 73.2. The third-order valence-electron chi connectivity index (χ3n) is 14.7. The minimum atomic E-state index is -0.710. The van der Waals surface area contributed by atoms with Gasteiger partial charge >= 0.3 is 5.97 Å². The molecule has 0 fully saturated rings. The Bertz CT molecular complexity index is 1700. The average Bonchev–Trinajstić information content (AvgIpc) is 1.07. The number of carboxylic acids is 1. The summed E-state index contributed by atoms with van der Waals surface area (Å²) < 4.78 is 127. The molecular formula is C72H140BN4O26. The third kappa shape index (κ3) is 93.3. The molecular weight excluding hydrogens is 1350 g/mol. The maximum absolute atomic E-state index is 13.2. The van der Waals surface area contributed by atoms with Crippen LogP contribution in [0.1, 0.15) is 122 Å². The van der Waals surface area contributed by atoms with Crippen LogP contribution in [0.25, 0.3) is 10.4 Å². The second-order valence-electron chi connectivity index (χ2n) is 23.1. The Morgan fingerprint density at radius 3 is 0.718 bits per heavy atom. The van der Waals surface area contributed by atoms with Crippen LogP contribution in [0.15, 0.2) is 17.8 Å². The van der Waals surface area contributed by atoms with Gasteiger partial charge in [-0.25, -0.2) is 0 Å². The highest BCUT2D eigenvalue weighted by Crippen LogP contribution is 2.20. The number of carboxylic acid groups (broad SMARTS) is 1. The first kappa shape index (κ1) is 102. The fourth-order valence-corrected chi connectivity index (χ4v) is 9.18. The van der Waals surface area contributed by atoms with E-state index in [9.17, 15) is 9.59 Å². The van der Waals surface area contributed by atoms with Crippen LogP contribution in [0.5, 0.6) is 0 Å². The first-order valence-corrected chi connectivity index (χ1v) is 38.0. The van der Waals surface area contributed by atoms with Gasteiger partial charge in [-0.05, 0) is 37.6 Å². The second-order valence-corrected chi connectivity index (χ2v) is 23.1. The van der Waals surface area contributed by atoms with Crippen LogP contribution in [-0.4, -0.2) is 342 Å². The highest BCUT2D eigenvalue weighted by atomic mass is 16.6. The number of carbonyl (C=O) groups is 2. The Morgan fingerprint density at radius 2 is 0.505 bits per heavy atom. The van der Waals surface area contributed by atoms with E-state index in [-0.39, 0.29) is 26.7 Å². The number of unbranched alkanes of at least 4 members (excludes halogenated alkanes) is 14. The molecule has 0 bridgehead atoms. The maximum atomic E-state index is 13.2. The molecule has 103 heavy (non-hydrogen) atoms. The standard InChI is InChI=1S/C72H140N4O26.B/c1-2-3-4-5-6-7-10-13-16-19-70(20-17-14-11-8-9-12-15-18-21-71(77)78)72(79)74-22-24-80-26-28-82-30-32-84-34-36-86-38-40-88-42-44-90-46-48-92-50-52-94-54-56-96-58-60-98-62-64-100-66-68-102-69-67-101-65-63-99-61-59-97-57-55-95-53-51-93-49-47-91-45-43-89-41-39-87-37-35-85-33-31-83-29-27-81-25-23-75-76-73;/h2,70H,1,3-69H2,(H,74,79)(H,77,78);. The van der Waals surface area contributed by atoms with Crippen molar-refractivity contribution in [2.75, 3.05) is 317 Å². The van der Waals surface area contributed by atoms with Crippen molar-refractivity contribution in [3.05, 3.63) is 23.1 Å². The number of nitrogens with zero attached hydrogens (tertiary/aromatic N) is 3. The van der Waals surface area contributed by atoms with Gasteiger partial charge in [-0.3, -0.25) is 9.59 Å². The van der Waals surface area contributed by atoms with Gasteiger partial charge in [0, 0.05) is 38.8 Å². The van der Waals surface area contributed by atoms with Crippen LogP contribution in [0.4, 0.5) is 0 Å². The summed E-state index contributed by atoms with van der Waals surface area (Å²) in [5.74, 6) is -0.522. The molecule has 0 aliphatic heterocycles. The normalized spacial score (nSPS) is 11.7. The number of rotatable bonds is 94. The zero-order valence-corrected chi connectivity index (χ0v) is 63.3. The topological polar surface area (TPSA) is 327 Å². The van der Waals surface area contributed by atoms with E-state index < -0.39 is 5.97 Å². The van der Waals surface area contributed by atoms with Crippen molar-refractivity contribution in [2.45, 2.75) is 122 Å². The lowest BCUT2D eigenvalue weighted by molar-refractivity contribution is -0.137. The van der Waals surface area contributed by atoms with E-state index in [1.807, 2.05) is 6.08 Å². The molecule has 607 valence electrons. The smallest absolute Gasteiger partial charge is 0.303 e. The molecule has 0 aliphatic carbocycles. The van der Waals surface area contributed by atoms with Crippen LogP contribution >= 0.6 is 0 Å². The Kier molecular flexibility index (Phi) is 94.5. The van der Waals surface area contributed by atoms with Crippen LogP contribution in [0, 0.1) is 5.92 Å². The molecule has 3 radical (unpaired) electrons. The van der Waals surface area contributed by atoms with Gasteiger partial charge in [0.25, 0.3) is 0 Å². The molecule has 2 N–H and O–H groups in total. The first-order chi connectivity index (χ1) is 50.6. The summed E-state index contributed by atoms with van der Waals surface area (Å²) in [6, 6.07) is 0. The SMILES string of the molecule is C=CCCCCCCCCCC(CCCCCCCCCCC(=O)O)C(=O)NCCOCCOCCOCCOCCOCCOCCOCCOCCOCCOCCOCCOCCOCCOCCOCCOCCOCCOCCOCCOCCOCCOCCOCCN=[N+]=[N-].[B]. The van der Waals surface area contributed by atoms with Crippen LogP contribution in [0.3, 0.4) is 0 Å². The molecule has 0 aromatic rings. The van der Waals surface area contributed by atoms with E-state index in [0.717, 1.165) is 64.2 Å². The summed E-state index contributed by atoms with van der Waals surface area (Å²) in [5, 5.41) is 15.3. The van der Waals surface area contributed by atoms with Crippen LogP contribution in [-0.2, 0) is 119 Å². The van der Waals surface area contributed by atoms with Gasteiger partial charge in [-0.2, -0.15) is 0 Å². The number of aliphatic carboxylic acids is 1. The lowest BCUT2D eigenvalue weighted by Crippen LogP contribution is -2.33. The molecule has 0 saturated carbocycles. The van der Waals surface area contributed by atoms with Crippen molar-refractivity contribution in [2.24, 2.45) is 11.0 Å². The number of allylic oxidation sites excluding steroid dienone is 1. The molecule has 0 saturated heterocycles. The van der Waals surface area contributed by atoms with E-state index >= 15 is 0 Å². The van der Waals surface area contributed by atoms with Crippen molar-refractivity contribution in [3.8, 4) is 0 Å². The van der Waals surface area contributed by atoms with E-state index in [4.69, 9.17) is 120 Å². The second kappa shape index (κ2) is 95.2. The Hall–Kier alpha value is -2.87. The van der Waals surface area contributed by atoms with Crippen molar-refractivity contribution < 1.29 is 124 Å².